The maximum absolute atomic E-state index is 14.4. The number of aromatic hydroxyl groups is 1. The highest BCUT2D eigenvalue weighted by atomic mass is 19.4. The molecule has 4 fully saturated rings. The number of ether oxygens (including phenoxy) is 1. The molecule has 2 aliphatic heterocycles. The van der Waals surface area contributed by atoms with E-state index in [2.05, 4.69) is 4.74 Å². The zero-order valence-electron chi connectivity index (χ0n) is 24.6. The van der Waals surface area contributed by atoms with Crippen molar-refractivity contribution in [2.24, 2.45) is 29.1 Å². The average molecular weight is 623 g/mol. The third-order valence-corrected chi connectivity index (χ3v) is 10.8. The second-order valence-corrected chi connectivity index (χ2v) is 13.1. The number of anilines is 1. The highest BCUT2D eigenvalue weighted by Gasteiger charge is 2.68. The maximum atomic E-state index is 14.4. The summed E-state index contributed by atoms with van der Waals surface area (Å²) in [6.45, 7) is 1.61. The molecule has 2 aromatic carbocycles. The summed E-state index contributed by atoms with van der Waals surface area (Å²) in [6.07, 6.45) is 1.51. The maximum Gasteiger partial charge on any atom is 0.573 e. The zero-order chi connectivity index (χ0) is 31.8. The van der Waals surface area contributed by atoms with Crippen molar-refractivity contribution in [1.29, 1.82) is 0 Å². The van der Waals surface area contributed by atoms with Crippen LogP contribution in [0.3, 0.4) is 0 Å². The quantitative estimate of drug-likeness (QED) is 0.339. The van der Waals surface area contributed by atoms with Gasteiger partial charge >= 0.3 is 6.36 Å². The molecule has 3 aliphatic carbocycles. The first-order chi connectivity index (χ1) is 21.4. The Hall–Kier alpha value is -4.15. The number of para-hydroxylation sites is 1. The second-order valence-electron chi connectivity index (χ2n) is 13.1. The van der Waals surface area contributed by atoms with Gasteiger partial charge < -0.3 is 9.84 Å². The number of halogens is 3. The SMILES string of the molecule is C[C@@]12C(=O)N(c3ccccc3)C(=O)[C@@H]1C[C@@H]1C(=CC[C@@H]3C(=O)N(C4CCCCC4)C(=O)[C@@H]31)[C@@H]2c1cc(OC(F)(F)F)ccc1O. The van der Waals surface area contributed by atoms with E-state index < -0.39 is 58.9 Å². The molecule has 2 saturated heterocycles. The molecule has 2 aromatic rings. The van der Waals surface area contributed by atoms with Gasteiger partial charge in [0.05, 0.1) is 28.9 Å². The molecule has 6 atom stereocenters. The van der Waals surface area contributed by atoms with Gasteiger partial charge in [-0.1, -0.05) is 49.1 Å². The van der Waals surface area contributed by atoms with Crippen molar-refractivity contribution in [3.8, 4) is 11.5 Å². The van der Waals surface area contributed by atoms with Crippen LogP contribution in [-0.4, -0.2) is 46.0 Å². The predicted molar refractivity (Wildman–Crippen MR) is 155 cm³/mol. The van der Waals surface area contributed by atoms with Crippen LogP contribution < -0.4 is 9.64 Å². The lowest BCUT2D eigenvalue weighted by Gasteiger charge is -2.49. The van der Waals surface area contributed by atoms with Crippen molar-refractivity contribution < 1.29 is 42.2 Å². The fourth-order valence-corrected chi connectivity index (χ4v) is 8.87. The number of hydrogen-bond donors (Lipinski definition) is 1. The van der Waals surface area contributed by atoms with Crippen molar-refractivity contribution >= 4 is 29.3 Å². The van der Waals surface area contributed by atoms with Crippen molar-refractivity contribution in [3.63, 3.8) is 0 Å². The molecule has 5 aliphatic rings. The van der Waals surface area contributed by atoms with Crippen LogP contribution in [0.2, 0.25) is 0 Å². The molecular weight excluding hydrogens is 589 g/mol. The number of phenols is 1. The fourth-order valence-electron chi connectivity index (χ4n) is 8.87. The van der Waals surface area contributed by atoms with E-state index in [4.69, 9.17) is 0 Å². The zero-order valence-corrected chi connectivity index (χ0v) is 24.6. The van der Waals surface area contributed by atoms with Crippen molar-refractivity contribution in [1.82, 2.24) is 4.90 Å². The fraction of sp³-hybridized carbons (Fsp3) is 0.471. The largest absolute Gasteiger partial charge is 0.573 e. The van der Waals surface area contributed by atoms with Gasteiger partial charge in [-0.3, -0.25) is 24.1 Å². The summed E-state index contributed by atoms with van der Waals surface area (Å²) in [4.78, 5) is 59.0. The van der Waals surface area contributed by atoms with Gasteiger partial charge in [0.25, 0.3) is 0 Å². The number of nitrogens with zero attached hydrogens (tertiary/aromatic N) is 2. The normalized spacial score (nSPS) is 31.9. The molecule has 11 heteroatoms. The standard InChI is InChI=1S/C34H33F3N2O6/c1-33-25(30(42)39(32(33)44)19-10-6-3-7-11-19)17-23-21(28(33)24-16-20(12-15-26(24)40)45-34(35,36)37)13-14-22-27(23)31(43)38(29(22)41)18-8-4-2-5-9-18/h3,6-7,10-13,15-16,18,22-23,25,27-28,40H,2,4-5,8-9,14,17H2,1H3/t22-,23+,25-,27-,28+,33+/m0/s1. The molecule has 0 spiro atoms. The summed E-state index contributed by atoms with van der Waals surface area (Å²) >= 11 is 0. The third-order valence-electron chi connectivity index (χ3n) is 10.8. The van der Waals surface area contributed by atoms with Crippen LogP contribution in [0.4, 0.5) is 18.9 Å². The number of fused-ring (bicyclic) bond motifs is 4. The molecule has 0 unspecified atom stereocenters. The van der Waals surface area contributed by atoms with E-state index in [9.17, 15) is 37.5 Å². The molecule has 2 saturated carbocycles. The number of hydrogen-bond acceptors (Lipinski definition) is 6. The number of allylic oxidation sites excluding steroid dienone is 2. The number of imide groups is 2. The van der Waals surface area contributed by atoms with Gasteiger partial charge in [0, 0.05) is 17.5 Å². The van der Waals surface area contributed by atoms with Crippen LogP contribution >= 0.6 is 0 Å². The number of amides is 4. The van der Waals surface area contributed by atoms with E-state index in [0.29, 0.717) is 11.3 Å². The van der Waals surface area contributed by atoms with Crippen LogP contribution in [0.15, 0.2) is 60.2 Å². The van der Waals surface area contributed by atoms with Gasteiger partial charge in [0.1, 0.15) is 11.5 Å². The summed E-state index contributed by atoms with van der Waals surface area (Å²) < 4.78 is 44.0. The summed E-state index contributed by atoms with van der Waals surface area (Å²) in [7, 11) is 0. The number of alkyl halides is 3. The lowest BCUT2D eigenvalue weighted by molar-refractivity contribution is -0.274. The van der Waals surface area contributed by atoms with Crippen LogP contribution in [0.25, 0.3) is 0 Å². The summed E-state index contributed by atoms with van der Waals surface area (Å²) in [5, 5.41) is 11.1. The highest BCUT2D eigenvalue weighted by molar-refractivity contribution is 6.24. The van der Waals surface area contributed by atoms with Gasteiger partial charge in [-0.2, -0.15) is 0 Å². The van der Waals surface area contributed by atoms with Gasteiger partial charge in [0.15, 0.2) is 0 Å². The van der Waals surface area contributed by atoms with Crippen LogP contribution in [0.5, 0.6) is 11.5 Å². The van der Waals surface area contributed by atoms with E-state index in [-0.39, 0.29) is 42.0 Å². The summed E-state index contributed by atoms with van der Waals surface area (Å²) in [5.74, 6) is -6.53. The monoisotopic (exact) mass is 622 g/mol. The molecule has 7 rings (SSSR count). The summed E-state index contributed by atoms with van der Waals surface area (Å²) in [6, 6.07) is 11.3. The van der Waals surface area contributed by atoms with Crippen LogP contribution in [0.1, 0.15) is 63.4 Å². The minimum atomic E-state index is -5.00. The van der Waals surface area contributed by atoms with E-state index >= 15 is 0 Å². The topological polar surface area (TPSA) is 104 Å². The van der Waals surface area contributed by atoms with E-state index in [1.54, 1.807) is 37.3 Å². The van der Waals surface area contributed by atoms with Crippen molar-refractivity contribution in [2.75, 3.05) is 4.90 Å². The molecule has 8 nitrogen and oxygen atoms in total. The Balaban J connectivity index is 1.37. The Labute approximate surface area is 257 Å². The molecule has 0 aromatic heterocycles. The van der Waals surface area contributed by atoms with E-state index in [1.807, 2.05) is 6.08 Å². The highest BCUT2D eigenvalue weighted by Crippen LogP contribution is 2.64. The molecule has 236 valence electrons. The Kier molecular flexibility index (Phi) is 6.87. The van der Waals surface area contributed by atoms with Gasteiger partial charge in [-0.15, -0.1) is 13.2 Å². The van der Waals surface area contributed by atoms with E-state index in [0.717, 1.165) is 55.2 Å². The Morgan fingerprint density at radius 3 is 2.31 bits per heavy atom. The molecule has 45 heavy (non-hydrogen) atoms. The number of likely N-dealkylation sites (tertiary alicyclic amines) is 1. The number of rotatable bonds is 4. The Morgan fingerprint density at radius 1 is 0.911 bits per heavy atom. The number of benzene rings is 2. The second kappa shape index (κ2) is 10.5. The first-order valence-corrected chi connectivity index (χ1v) is 15.5. The van der Waals surface area contributed by atoms with Gasteiger partial charge in [-0.05, 0) is 68.9 Å². The first-order valence-electron chi connectivity index (χ1n) is 15.5. The third kappa shape index (κ3) is 4.48. The minimum Gasteiger partial charge on any atom is -0.508 e. The first kappa shape index (κ1) is 29.6. The van der Waals surface area contributed by atoms with Crippen LogP contribution in [-0.2, 0) is 19.2 Å². The molecule has 1 N–H and O–H groups in total. The van der Waals surface area contributed by atoms with Gasteiger partial charge in [0.2, 0.25) is 23.6 Å². The van der Waals surface area contributed by atoms with Crippen molar-refractivity contribution in [3.05, 3.63) is 65.7 Å². The van der Waals surface area contributed by atoms with E-state index in [1.165, 1.54) is 4.90 Å². The Bertz CT molecular complexity index is 1620. The number of carbonyl (C=O) groups excluding carboxylic acids is 4. The molecule has 0 bridgehead atoms. The number of carbonyl (C=O) groups is 4. The smallest absolute Gasteiger partial charge is 0.508 e. The minimum absolute atomic E-state index is 0.00405. The Morgan fingerprint density at radius 2 is 1.62 bits per heavy atom. The number of phenolic OH excluding ortho intramolecular Hbond substituents is 1. The predicted octanol–water partition coefficient (Wildman–Crippen LogP) is 5.85. The van der Waals surface area contributed by atoms with Crippen molar-refractivity contribution in [2.45, 2.75) is 70.2 Å². The van der Waals surface area contributed by atoms with Gasteiger partial charge in [-0.25, -0.2) is 4.90 Å². The molecule has 2 heterocycles. The molecular formula is C34H33F3N2O6. The lowest BCUT2D eigenvalue weighted by atomic mass is 9.51. The molecule has 0 radical (unpaired) electrons. The summed E-state index contributed by atoms with van der Waals surface area (Å²) in [5.41, 5.74) is -0.580. The molecule has 4 amide bonds. The lowest BCUT2D eigenvalue weighted by Crippen LogP contribution is -2.49. The van der Waals surface area contributed by atoms with Crippen LogP contribution in [0, 0.1) is 29.1 Å². The average Bonchev–Trinajstić information content (AvgIpc) is 3.38.